The Morgan fingerprint density at radius 3 is 2.58 bits per heavy atom. The number of hydrogen-bond donors (Lipinski definition) is 2. The van der Waals surface area contributed by atoms with Gasteiger partial charge in [-0.1, -0.05) is 30.3 Å². The van der Waals surface area contributed by atoms with Crippen LogP contribution in [0.25, 0.3) is 21.0 Å². The van der Waals surface area contributed by atoms with E-state index in [1.807, 2.05) is 24.4 Å². The number of nitrogens with two attached hydrogens (primary N) is 1. The van der Waals surface area contributed by atoms with Crippen LogP contribution in [0.3, 0.4) is 0 Å². The van der Waals surface area contributed by atoms with E-state index in [2.05, 4.69) is 17.1 Å². The van der Waals surface area contributed by atoms with Gasteiger partial charge in [0.05, 0.1) is 4.88 Å². The van der Waals surface area contributed by atoms with Crippen molar-refractivity contribution in [2.24, 2.45) is 0 Å². The predicted molar refractivity (Wildman–Crippen MR) is 79.1 cm³/mol. The third-order valence-electron chi connectivity index (χ3n) is 2.83. The van der Waals surface area contributed by atoms with E-state index in [-0.39, 0.29) is 5.75 Å². The third kappa shape index (κ3) is 2.30. The summed E-state index contributed by atoms with van der Waals surface area (Å²) in [5, 5.41) is 10.2. The minimum Gasteiger partial charge on any atom is -0.508 e. The maximum absolute atomic E-state index is 9.37. The predicted octanol–water partition coefficient (Wildman–Crippen LogP) is 3.76. The first-order valence-electron chi connectivity index (χ1n) is 5.84. The molecule has 0 amide bonds. The van der Waals surface area contributed by atoms with Gasteiger partial charge in [-0.15, -0.1) is 11.3 Å². The van der Waals surface area contributed by atoms with Gasteiger partial charge in [-0.2, -0.15) is 0 Å². The minimum atomic E-state index is 0.168. The highest BCUT2D eigenvalue weighted by Gasteiger charge is 2.09. The Morgan fingerprint density at radius 1 is 1.05 bits per heavy atom. The van der Waals surface area contributed by atoms with Crippen molar-refractivity contribution in [2.75, 3.05) is 5.73 Å². The molecule has 1 heterocycles. The number of benzene rings is 2. The van der Waals surface area contributed by atoms with Gasteiger partial charge in [0.15, 0.2) is 0 Å². The normalized spacial score (nSPS) is 10.5. The van der Waals surface area contributed by atoms with Crippen LogP contribution < -0.4 is 5.73 Å². The van der Waals surface area contributed by atoms with Crippen LogP contribution in [-0.2, 0) is 0 Å². The number of anilines is 1. The second-order valence-corrected chi connectivity index (χ2v) is 5.20. The summed E-state index contributed by atoms with van der Waals surface area (Å²) in [5.74, 6) is 0.168. The molecule has 0 spiro atoms. The number of rotatable bonds is 2. The molecule has 0 atom stereocenters. The van der Waals surface area contributed by atoms with Crippen LogP contribution in [0.4, 0.5) is 5.69 Å². The Labute approximate surface area is 115 Å². The number of thiazole rings is 1. The van der Waals surface area contributed by atoms with Crippen molar-refractivity contribution < 1.29 is 5.11 Å². The van der Waals surface area contributed by atoms with Crippen LogP contribution in [0, 0.1) is 0 Å². The lowest BCUT2D eigenvalue weighted by Gasteiger charge is -2.02. The van der Waals surface area contributed by atoms with Gasteiger partial charge in [-0.05, 0) is 17.7 Å². The first kappa shape index (κ1) is 11.7. The first-order chi connectivity index (χ1) is 9.24. The zero-order valence-electron chi connectivity index (χ0n) is 10.1. The summed E-state index contributed by atoms with van der Waals surface area (Å²) in [6.45, 7) is 0. The Kier molecular flexibility index (Phi) is 2.93. The lowest BCUT2D eigenvalue weighted by molar-refractivity contribution is 0.476. The summed E-state index contributed by atoms with van der Waals surface area (Å²) in [6.07, 6.45) is 1.85. The van der Waals surface area contributed by atoms with E-state index < -0.39 is 0 Å². The molecule has 0 saturated carbocycles. The number of phenolic OH excluding ortho intramolecular Hbond substituents is 1. The molecule has 3 rings (SSSR count). The Morgan fingerprint density at radius 2 is 1.84 bits per heavy atom. The van der Waals surface area contributed by atoms with Crippen molar-refractivity contribution in [3.63, 3.8) is 0 Å². The number of nitrogens with zero attached hydrogens (tertiary/aromatic N) is 1. The molecule has 2 aromatic carbocycles. The lowest BCUT2D eigenvalue weighted by atomic mass is 10.2. The molecule has 1 aromatic heterocycles. The molecule has 4 heteroatoms. The molecule has 3 aromatic rings. The molecule has 3 N–H and O–H groups in total. The van der Waals surface area contributed by atoms with E-state index >= 15 is 0 Å². The van der Waals surface area contributed by atoms with Gasteiger partial charge in [0.1, 0.15) is 10.8 Å². The number of aromatic nitrogens is 1. The summed E-state index contributed by atoms with van der Waals surface area (Å²) >= 11 is 1.59. The molecular weight excluding hydrogens is 256 g/mol. The molecule has 0 unspecified atom stereocenters. The molecule has 0 bridgehead atoms. The molecule has 0 aliphatic heterocycles. The van der Waals surface area contributed by atoms with Crippen molar-refractivity contribution in [1.29, 1.82) is 0 Å². The van der Waals surface area contributed by atoms with Crippen molar-refractivity contribution in [2.45, 2.75) is 0 Å². The molecule has 0 radical (unpaired) electrons. The molecule has 0 aliphatic carbocycles. The van der Waals surface area contributed by atoms with Crippen molar-refractivity contribution >= 4 is 17.0 Å². The molecule has 0 aliphatic rings. The van der Waals surface area contributed by atoms with Crippen molar-refractivity contribution in [1.82, 2.24) is 4.98 Å². The van der Waals surface area contributed by atoms with Crippen LogP contribution in [0.1, 0.15) is 0 Å². The monoisotopic (exact) mass is 268 g/mol. The van der Waals surface area contributed by atoms with E-state index in [4.69, 9.17) is 5.73 Å². The van der Waals surface area contributed by atoms with E-state index in [1.54, 1.807) is 29.5 Å². The Hall–Kier alpha value is -2.33. The van der Waals surface area contributed by atoms with Gasteiger partial charge in [0.25, 0.3) is 0 Å². The Bertz CT molecular complexity index is 707. The molecule has 0 fully saturated rings. The maximum Gasteiger partial charge on any atom is 0.125 e. The SMILES string of the molecule is Nc1cc(O)ccc1-c1ncc(-c2ccccc2)s1. The summed E-state index contributed by atoms with van der Waals surface area (Å²) < 4.78 is 0. The number of phenols is 1. The average molecular weight is 268 g/mol. The fraction of sp³-hybridized carbons (Fsp3) is 0. The van der Waals surface area contributed by atoms with E-state index in [0.29, 0.717) is 5.69 Å². The van der Waals surface area contributed by atoms with Gasteiger partial charge in [0, 0.05) is 23.5 Å². The van der Waals surface area contributed by atoms with Crippen molar-refractivity contribution in [3.8, 4) is 26.8 Å². The summed E-state index contributed by atoms with van der Waals surface area (Å²) in [4.78, 5) is 5.51. The van der Waals surface area contributed by atoms with Gasteiger partial charge in [-0.3, -0.25) is 0 Å². The Balaban J connectivity index is 2.02. The standard InChI is InChI=1S/C15H12N2OS/c16-13-8-11(18)6-7-12(13)15-17-9-14(19-15)10-4-2-1-3-5-10/h1-9,18H,16H2. The molecule has 94 valence electrons. The van der Waals surface area contributed by atoms with Gasteiger partial charge >= 0.3 is 0 Å². The smallest absolute Gasteiger partial charge is 0.125 e. The molecular formula is C15H12N2OS. The van der Waals surface area contributed by atoms with Gasteiger partial charge < -0.3 is 10.8 Å². The highest BCUT2D eigenvalue weighted by molar-refractivity contribution is 7.18. The zero-order chi connectivity index (χ0) is 13.2. The van der Waals surface area contributed by atoms with Gasteiger partial charge in [0.2, 0.25) is 0 Å². The highest BCUT2D eigenvalue weighted by Crippen LogP contribution is 2.35. The minimum absolute atomic E-state index is 0.168. The first-order valence-corrected chi connectivity index (χ1v) is 6.66. The van der Waals surface area contributed by atoms with E-state index in [9.17, 15) is 5.11 Å². The van der Waals surface area contributed by atoms with Crippen molar-refractivity contribution in [3.05, 3.63) is 54.7 Å². The highest BCUT2D eigenvalue weighted by atomic mass is 32.1. The van der Waals surface area contributed by atoms with Crippen LogP contribution >= 0.6 is 11.3 Å². The van der Waals surface area contributed by atoms with Crippen LogP contribution in [0.5, 0.6) is 5.75 Å². The average Bonchev–Trinajstić information content (AvgIpc) is 2.89. The fourth-order valence-corrected chi connectivity index (χ4v) is 2.85. The number of nitrogen functional groups attached to an aromatic ring is 1. The lowest BCUT2D eigenvalue weighted by Crippen LogP contribution is -1.88. The second kappa shape index (κ2) is 4.74. The number of hydrogen-bond acceptors (Lipinski definition) is 4. The van der Waals surface area contributed by atoms with Crippen LogP contribution in [0.2, 0.25) is 0 Å². The second-order valence-electron chi connectivity index (χ2n) is 4.17. The zero-order valence-corrected chi connectivity index (χ0v) is 10.9. The molecule has 0 saturated heterocycles. The topological polar surface area (TPSA) is 59.1 Å². The van der Waals surface area contributed by atoms with Crippen LogP contribution in [0.15, 0.2) is 54.7 Å². The molecule has 3 nitrogen and oxygen atoms in total. The van der Waals surface area contributed by atoms with E-state index in [0.717, 1.165) is 21.0 Å². The van der Waals surface area contributed by atoms with Crippen LogP contribution in [-0.4, -0.2) is 10.1 Å². The van der Waals surface area contributed by atoms with Gasteiger partial charge in [-0.25, -0.2) is 4.98 Å². The van der Waals surface area contributed by atoms with E-state index in [1.165, 1.54) is 0 Å². The maximum atomic E-state index is 9.37. The third-order valence-corrected chi connectivity index (χ3v) is 3.91. The number of aromatic hydroxyl groups is 1. The summed E-state index contributed by atoms with van der Waals surface area (Å²) in [6, 6.07) is 15.1. The largest absolute Gasteiger partial charge is 0.508 e. The summed E-state index contributed by atoms with van der Waals surface area (Å²) in [7, 11) is 0. The summed E-state index contributed by atoms with van der Waals surface area (Å²) in [5.41, 5.74) is 8.44. The quantitative estimate of drug-likeness (QED) is 0.696. The molecule has 19 heavy (non-hydrogen) atoms. The fourth-order valence-electron chi connectivity index (χ4n) is 1.88.